The summed E-state index contributed by atoms with van der Waals surface area (Å²) in [6.45, 7) is 17.1. The lowest BCUT2D eigenvalue weighted by Crippen LogP contribution is -2.57. The molecule has 3 N–H and O–H groups in total. The molecule has 16 heteroatoms. The maximum absolute atomic E-state index is 14.2. The molecule has 1 aromatic carbocycles. The Morgan fingerprint density at radius 3 is 2.13 bits per heavy atom. The number of carbonyl (C=O) groups excluding carboxylic acids is 7. The Morgan fingerprint density at radius 2 is 1.55 bits per heavy atom. The molecule has 9 atom stereocenters. The van der Waals surface area contributed by atoms with E-state index < -0.39 is 96.4 Å². The zero-order valence-electron chi connectivity index (χ0n) is 38.9. The van der Waals surface area contributed by atoms with E-state index in [0.717, 1.165) is 11.1 Å². The van der Waals surface area contributed by atoms with Crippen molar-refractivity contribution in [2.75, 3.05) is 32.8 Å². The summed E-state index contributed by atoms with van der Waals surface area (Å²) in [6, 6.07) is 4.65. The van der Waals surface area contributed by atoms with Gasteiger partial charge in [-0.1, -0.05) is 83.5 Å². The Labute approximate surface area is 372 Å². The fourth-order valence-electron chi connectivity index (χ4n) is 6.91. The van der Waals surface area contributed by atoms with Crippen LogP contribution in [0.15, 0.2) is 53.6 Å². The molecule has 15 nitrogen and oxygen atoms in total. The van der Waals surface area contributed by atoms with Crippen molar-refractivity contribution in [1.29, 1.82) is 0 Å². The first-order valence-corrected chi connectivity index (χ1v) is 22.8. The summed E-state index contributed by atoms with van der Waals surface area (Å²) in [5.74, 6) is -5.02. The van der Waals surface area contributed by atoms with E-state index in [9.17, 15) is 33.6 Å². The summed E-state index contributed by atoms with van der Waals surface area (Å²) < 4.78 is 18.1. The van der Waals surface area contributed by atoms with Crippen LogP contribution in [0, 0.1) is 17.8 Å². The third-order valence-electron chi connectivity index (χ3n) is 11.2. The average Bonchev–Trinajstić information content (AvgIpc) is 3.24. The SMILES string of the molecule is C/C=C(\C)[C@H]1OC(=O)[C@@H](C)NC(=O)[C@H]([C@@H](C)CC)NC(=O)CN(C)C(=O)C(Cc2ccccc2)N(C)C(=O)[C@@H](C)NC(=O)C(CC(C)C)OC(=O)/C(C)=C/C[C@H](OCSC)[C@@H]1C. The Bertz CT molecular complexity index is 1750. The lowest BCUT2D eigenvalue weighted by Gasteiger charge is -2.33. The van der Waals surface area contributed by atoms with Gasteiger partial charge in [-0.3, -0.25) is 24.0 Å². The summed E-state index contributed by atoms with van der Waals surface area (Å²) in [5.41, 5.74) is 1.71. The third kappa shape index (κ3) is 16.2. The molecule has 0 spiro atoms. The van der Waals surface area contributed by atoms with Crippen molar-refractivity contribution >= 4 is 53.2 Å². The van der Waals surface area contributed by atoms with Crippen molar-refractivity contribution in [2.45, 2.75) is 137 Å². The first kappa shape index (κ1) is 53.4. The molecule has 1 aliphatic rings. The van der Waals surface area contributed by atoms with Crippen molar-refractivity contribution in [3.8, 4) is 0 Å². The van der Waals surface area contributed by atoms with Crippen LogP contribution in [0.4, 0.5) is 0 Å². The number of allylic oxidation sites excluding steroid dienone is 1. The van der Waals surface area contributed by atoms with Gasteiger partial charge in [0, 0.05) is 32.0 Å². The molecule has 1 aromatic rings. The van der Waals surface area contributed by atoms with E-state index in [4.69, 9.17) is 14.2 Å². The van der Waals surface area contributed by atoms with E-state index in [2.05, 4.69) is 16.0 Å². The first-order valence-electron chi connectivity index (χ1n) is 21.4. The van der Waals surface area contributed by atoms with Crippen molar-refractivity contribution in [1.82, 2.24) is 25.8 Å². The van der Waals surface area contributed by atoms with Gasteiger partial charge in [0.05, 0.1) is 18.6 Å². The third-order valence-corrected chi connectivity index (χ3v) is 11.6. The van der Waals surface area contributed by atoms with Crippen LogP contribution in [0.5, 0.6) is 0 Å². The predicted octanol–water partition coefficient (Wildman–Crippen LogP) is 4.58. The molecule has 5 amide bonds. The Kier molecular flexibility index (Phi) is 22.5. The van der Waals surface area contributed by atoms with Gasteiger partial charge in [-0.05, 0) is 76.7 Å². The monoisotopic (exact) mass is 885 g/mol. The van der Waals surface area contributed by atoms with Crippen LogP contribution >= 0.6 is 11.8 Å². The first-order chi connectivity index (χ1) is 29.2. The van der Waals surface area contributed by atoms with Gasteiger partial charge in [0.25, 0.3) is 5.91 Å². The number of cyclic esters (lactones) is 2. The second-order valence-corrected chi connectivity index (χ2v) is 17.6. The molecule has 1 aliphatic heterocycles. The average molecular weight is 886 g/mol. The molecule has 62 heavy (non-hydrogen) atoms. The molecular weight excluding hydrogens is 815 g/mol. The summed E-state index contributed by atoms with van der Waals surface area (Å²) in [6.07, 6.45) is 3.83. The summed E-state index contributed by atoms with van der Waals surface area (Å²) in [4.78, 5) is 99.0. The van der Waals surface area contributed by atoms with Crippen LogP contribution in [-0.4, -0.2) is 127 Å². The molecule has 0 fully saturated rings. The van der Waals surface area contributed by atoms with Gasteiger partial charge < -0.3 is 40.0 Å². The van der Waals surface area contributed by atoms with Gasteiger partial charge in [-0.2, -0.15) is 0 Å². The number of likely N-dealkylation sites (N-methyl/N-ethyl adjacent to an activating group) is 2. The van der Waals surface area contributed by atoms with Crippen LogP contribution < -0.4 is 16.0 Å². The fraction of sp³-hybridized carbons (Fsp3) is 0.630. The van der Waals surface area contributed by atoms with Gasteiger partial charge >= 0.3 is 11.9 Å². The molecule has 346 valence electrons. The van der Waals surface area contributed by atoms with Crippen molar-refractivity contribution in [3.63, 3.8) is 0 Å². The van der Waals surface area contributed by atoms with E-state index in [-0.39, 0.29) is 36.7 Å². The minimum absolute atomic E-state index is 0.0614. The van der Waals surface area contributed by atoms with E-state index in [1.54, 1.807) is 32.1 Å². The topological polar surface area (TPSA) is 190 Å². The smallest absolute Gasteiger partial charge is 0.334 e. The standard InChI is InChI=1S/C46H71N5O10S/c1-14-28(5)39-42(54)48-33(10)46(58)61-40(29(6)15-2)31(8)36(59-26-62-13)22-21-30(7)45(57)60-37(23-27(3)4)41(53)47-32(9)43(55)51(12)35(24-34-19-17-16-18-20-34)44(56)50(11)25-38(52)49-39/h15-21,27-28,31-33,35-37,39-40H,14,22-26H2,1-13H3,(H,47,53)(H,48,54)(H,49,52)/b29-15+,30-21+/t28-,31-,32+,33+,35?,36-,37?,39-,40+/m0/s1. The number of thioether (sulfide) groups is 1. The van der Waals surface area contributed by atoms with Crippen LogP contribution in [0.25, 0.3) is 0 Å². The molecule has 2 rings (SSSR count). The van der Waals surface area contributed by atoms with Crippen LogP contribution in [0.3, 0.4) is 0 Å². The maximum Gasteiger partial charge on any atom is 0.334 e. The largest absolute Gasteiger partial charge is 0.456 e. The summed E-state index contributed by atoms with van der Waals surface area (Å²) in [5, 5.41) is 8.17. The number of hydrogen-bond acceptors (Lipinski definition) is 11. The number of nitrogens with one attached hydrogen (secondary N) is 3. The van der Waals surface area contributed by atoms with Gasteiger partial charge in [-0.25, -0.2) is 9.59 Å². The van der Waals surface area contributed by atoms with Gasteiger partial charge in [-0.15, -0.1) is 11.8 Å². The molecule has 1 heterocycles. The molecular formula is C46H71N5O10S. The molecule has 0 aliphatic carbocycles. The Morgan fingerprint density at radius 1 is 0.919 bits per heavy atom. The molecule has 0 radical (unpaired) electrons. The number of esters is 2. The molecule has 0 saturated heterocycles. The number of rotatable bonds is 10. The normalized spacial score (nSPS) is 28.0. The lowest BCUT2D eigenvalue weighted by molar-refractivity contribution is -0.155. The second-order valence-electron chi connectivity index (χ2n) is 16.7. The maximum atomic E-state index is 14.2. The van der Waals surface area contributed by atoms with Crippen molar-refractivity contribution in [3.05, 3.63) is 59.2 Å². The van der Waals surface area contributed by atoms with E-state index >= 15 is 0 Å². The van der Waals surface area contributed by atoms with Crippen LogP contribution in [0.1, 0.15) is 94.1 Å². The van der Waals surface area contributed by atoms with Gasteiger partial charge in [0.1, 0.15) is 30.3 Å². The quantitative estimate of drug-likeness (QED) is 0.170. The van der Waals surface area contributed by atoms with Crippen LogP contribution in [0.2, 0.25) is 0 Å². The number of nitrogens with zero attached hydrogens (tertiary/aromatic N) is 2. The molecule has 2 unspecified atom stereocenters. The number of benzene rings is 1. The molecule has 0 bridgehead atoms. The highest BCUT2D eigenvalue weighted by molar-refractivity contribution is 7.98. The van der Waals surface area contributed by atoms with Crippen molar-refractivity contribution in [2.24, 2.45) is 17.8 Å². The zero-order valence-corrected chi connectivity index (χ0v) is 39.8. The number of amides is 5. The van der Waals surface area contributed by atoms with E-state index in [1.165, 1.54) is 49.5 Å². The Balaban J connectivity index is 2.68. The van der Waals surface area contributed by atoms with Gasteiger partial charge in [0.15, 0.2) is 6.10 Å². The summed E-state index contributed by atoms with van der Waals surface area (Å²) >= 11 is 1.46. The second kappa shape index (κ2) is 26.0. The van der Waals surface area contributed by atoms with Crippen molar-refractivity contribution < 1.29 is 47.8 Å². The lowest BCUT2D eigenvalue weighted by atomic mass is 9.90. The Hall–Kier alpha value is -4.70. The van der Waals surface area contributed by atoms with E-state index in [0.29, 0.717) is 12.4 Å². The highest BCUT2D eigenvalue weighted by Crippen LogP contribution is 2.26. The van der Waals surface area contributed by atoms with E-state index in [1.807, 2.05) is 72.1 Å². The number of ether oxygens (including phenoxy) is 3. The predicted molar refractivity (Wildman–Crippen MR) is 240 cm³/mol. The minimum atomic E-state index is -1.23. The summed E-state index contributed by atoms with van der Waals surface area (Å²) in [7, 11) is 2.88. The fourth-order valence-corrected chi connectivity index (χ4v) is 7.22. The van der Waals surface area contributed by atoms with Crippen LogP contribution in [-0.2, 0) is 54.2 Å². The highest BCUT2D eigenvalue weighted by atomic mass is 32.2. The number of carbonyl (C=O) groups is 7. The molecule has 0 saturated carbocycles. The zero-order chi connectivity index (χ0) is 46.8. The van der Waals surface area contributed by atoms with Gasteiger partial charge in [0.2, 0.25) is 23.6 Å². The highest BCUT2D eigenvalue weighted by Gasteiger charge is 2.37. The minimum Gasteiger partial charge on any atom is -0.456 e. The number of hydrogen-bond donors (Lipinski definition) is 3. The molecule has 0 aromatic heterocycles.